The number of alkyl halides is 1. The highest BCUT2D eigenvalue weighted by atomic mass is 127. The predicted octanol–water partition coefficient (Wildman–Crippen LogP) is 4.55. The highest BCUT2D eigenvalue weighted by molar-refractivity contribution is 14.1. The van der Waals surface area contributed by atoms with Crippen molar-refractivity contribution in [3.8, 4) is 11.1 Å². The van der Waals surface area contributed by atoms with Crippen molar-refractivity contribution in [1.29, 1.82) is 0 Å². The van der Waals surface area contributed by atoms with E-state index < -0.39 is 5.97 Å². The molecular formula is C20H19IN2O3. The molecule has 0 fully saturated rings. The molecule has 3 rings (SSSR count). The van der Waals surface area contributed by atoms with Crippen LogP contribution < -0.4 is 5.32 Å². The molecule has 0 saturated carbocycles. The smallest absolute Gasteiger partial charge is 0.337 e. The summed E-state index contributed by atoms with van der Waals surface area (Å²) in [5.74, 6) is -0.841. The van der Waals surface area contributed by atoms with Crippen LogP contribution >= 0.6 is 22.6 Å². The largest absolute Gasteiger partial charge is 0.465 e. The van der Waals surface area contributed by atoms with Crippen LogP contribution in [0.2, 0.25) is 0 Å². The number of hydrogen-bond donors (Lipinski definition) is 1. The lowest BCUT2D eigenvalue weighted by Gasteiger charge is -2.17. The lowest BCUT2D eigenvalue weighted by Crippen LogP contribution is -2.20. The van der Waals surface area contributed by atoms with Crippen LogP contribution in [0.15, 0.2) is 48.7 Å². The maximum atomic E-state index is 12.6. The number of nitrogens with zero attached hydrogens (tertiary/aromatic N) is 1. The van der Waals surface area contributed by atoms with Crippen LogP contribution in [0.5, 0.6) is 0 Å². The zero-order chi connectivity index (χ0) is 18.7. The Kier molecular flexibility index (Phi) is 5.70. The van der Waals surface area contributed by atoms with Gasteiger partial charge in [0.15, 0.2) is 0 Å². The van der Waals surface area contributed by atoms with Gasteiger partial charge in [-0.25, -0.2) is 4.79 Å². The second-order valence-corrected chi connectivity index (χ2v) is 7.63. The Morgan fingerprint density at radius 3 is 2.88 bits per heavy atom. The predicted molar refractivity (Wildman–Crippen MR) is 109 cm³/mol. The van der Waals surface area contributed by atoms with Gasteiger partial charge in [-0.1, -0.05) is 47.7 Å². The maximum Gasteiger partial charge on any atom is 0.337 e. The van der Waals surface area contributed by atoms with Gasteiger partial charge in [0.25, 0.3) is 0 Å². The molecule has 2 heterocycles. The van der Waals surface area contributed by atoms with E-state index in [1.54, 1.807) is 18.3 Å². The van der Waals surface area contributed by atoms with E-state index >= 15 is 0 Å². The van der Waals surface area contributed by atoms with Crippen LogP contribution in [-0.2, 0) is 9.53 Å². The molecule has 5 nitrogen and oxygen atoms in total. The van der Waals surface area contributed by atoms with E-state index in [2.05, 4.69) is 32.9 Å². The van der Waals surface area contributed by atoms with Crippen LogP contribution in [0.3, 0.4) is 0 Å². The van der Waals surface area contributed by atoms with Crippen LogP contribution in [0, 0.1) is 5.92 Å². The molecular weight excluding hydrogens is 443 g/mol. The summed E-state index contributed by atoms with van der Waals surface area (Å²) >= 11 is 2.37. The van der Waals surface area contributed by atoms with E-state index in [1.807, 2.05) is 37.3 Å². The van der Waals surface area contributed by atoms with Gasteiger partial charge in [-0.2, -0.15) is 0 Å². The van der Waals surface area contributed by atoms with Crippen LogP contribution in [0.25, 0.3) is 11.1 Å². The SMILES string of the molecule is COC(=O)c1ccc2c(c1)NC(=O)[C@H](C)/C=C/C[C@H](I)c1cc-2ccn1. The first-order valence-corrected chi connectivity index (χ1v) is 9.54. The number of aromatic nitrogens is 1. The summed E-state index contributed by atoms with van der Waals surface area (Å²) in [7, 11) is 1.34. The molecule has 6 heteroatoms. The average molecular weight is 462 g/mol. The molecule has 2 bridgehead atoms. The van der Waals surface area contributed by atoms with Gasteiger partial charge in [-0.15, -0.1) is 0 Å². The number of amides is 1. The fourth-order valence-corrected chi connectivity index (χ4v) is 3.42. The Hall–Kier alpha value is -2.22. The van der Waals surface area contributed by atoms with Gasteiger partial charge < -0.3 is 10.1 Å². The average Bonchev–Trinajstić information content (AvgIpc) is 2.66. The number of pyridine rings is 1. The number of ether oxygens (including phenoxy) is 1. The Bertz CT molecular complexity index is 879. The minimum atomic E-state index is -0.441. The summed E-state index contributed by atoms with van der Waals surface area (Å²) in [4.78, 5) is 28.9. The van der Waals surface area contributed by atoms with E-state index in [-0.39, 0.29) is 15.7 Å². The molecule has 134 valence electrons. The third-order valence-electron chi connectivity index (χ3n) is 4.29. The van der Waals surface area contributed by atoms with E-state index in [4.69, 9.17) is 4.74 Å². The monoisotopic (exact) mass is 462 g/mol. The molecule has 1 aliphatic heterocycles. The van der Waals surface area contributed by atoms with Crippen molar-refractivity contribution in [3.63, 3.8) is 0 Å². The number of methoxy groups -OCH3 is 1. The van der Waals surface area contributed by atoms with Crippen LogP contribution in [0.4, 0.5) is 5.69 Å². The molecule has 1 amide bonds. The molecule has 0 aliphatic carbocycles. The van der Waals surface area contributed by atoms with Crippen molar-refractivity contribution in [2.24, 2.45) is 5.92 Å². The van der Waals surface area contributed by atoms with E-state index in [1.165, 1.54) is 7.11 Å². The van der Waals surface area contributed by atoms with Crippen molar-refractivity contribution in [2.75, 3.05) is 12.4 Å². The topological polar surface area (TPSA) is 68.3 Å². The zero-order valence-corrected chi connectivity index (χ0v) is 16.7. The zero-order valence-electron chi connectivity index (χ0n) is 14.5. The molecule has 1 aromatic heterocycles. The van der Waals surface area contributed by atoms with Gasteiger partial charge in [0, 0.05) is 17.4 Å². The Morgan fingerprint density at radius 1 is 1.31 bits per heavy atom. The lowest BCUT2D eigenvalue weighted by atomic mass is 9.99. The van der Waals surface area contributed by atoms with E-state index in [0.29, 0.717) is 11.3 Å². The number of carbonyl (C=O) groups excluding carboxylic acids is 2. The number of hydrogen-bond acceptors (Lipinski definition) is 4. The van der Waals surface area contributed by atoms with Crippen molar-refractivity contribution >= 4 is 40.2 Å². The fraction of sp³-hybridized carbons (Fsp3) is 0.250. The number of esters is 1. The Labute approximate surface area is 166 Å². The first kappa shape index (κ1) is 18.6. The molecule has 0 radical (unpaired) electrons. The van der Waals surface area contributed by atoms with Crippen LogP contribution in [-0.4, -0.2) is 24.0 Å². The van der Waals surface area contributed by atoms with Gasteiger partial charge in [0.05, 0.1) is 28.2 Å². The molecule has 26 heavy (non-hydrogen) atoms. The first-order chi connectivity index (χ1) is 12.5. The second-order valence-electron chi connectivity index (χ2n) is 6.13. The Balaban J connectivity index is 2.16. The van der Waals surface area contributed by atoms with Crippen molar-refractivity contribution < 1.29 is 14.3 Å². The van der Waals surface area contributed by atoms with E-state index in [9.17, 15) is 9.59 Å². The minimum absolute atomic E-state index is 0.121. The number of fused-ring (bicyclic) bond motifs is 4. The molecule has 1 aliphatic rings. The Morgan fingerprint density at radius 2 is 2.12 bits per heavy atom. The third kappa shape index (κ3) is 3.95. The lowest BCUT2D eigenvalue weighted by molar-refractivity contribution is -0.118. The van der Waals surface area contributed by atoms with Crippen LogP contribution in [0.1, 0.15) is 33.3 Å². The number of nitrogens with one attached hydrogen (secondary N) is 1. The summed E-state index contributed by atoms with van der Waals surface area (Å²) in [6, 6.07) is 9.12. The quantitative estimate of drug-likeness (QED) is 0.292. The maximum absolute atomic E-state index is 12.6. The number of benzene rings is 1. The molecule has 0 unspecified atom stereocenters. The molecule has 0 saturated heterocycles. The van der Waals surface area contributed by atoms with Gasteiger partial charge in [-0.3, -0.25) is 9.78 Å². The first-order valence-electron chi connectivity index (χ1n) is 8.30. The van der Waals surface area contributed by atoms with Gasteiger partial charge in [0.2, 0.25) is 5.91 Å². The van der Waals surface area contributed by atoms with Crippen molar-refractivity contribution in [3.05, 3.63) is 59.9 Å². The molecule has 2 aromatic rings. The molecule has 2 atom stereocenters. The number of anilines is 1. The second kappa shape index (κ2) is 7.99. The molecule has 0 spiro atoms. The summed E-state index contributed by atoms with van der Waals surface area (Å²) in [5.41, 5.74) is 3.75. The highest BCUT2D eigenvalue weighted by Gasteiger charge is 2.18. The normalized spacial score (nSPS) is 20.8. The number of carbonyl (C=O) groups is 2. The van der Waals surface area contributed by atoms with Gasteiger partial charge in [-0.05, 0) is 36.2 Å². The molecule has 1 N–H and O–H groups in total. The summed E-state index contributed by atoms with van der Waals surface area (Å²) in [6.45, 7) is 1.85. The summed E-state index contributed by atoms with van der Waals surface area (Å²) in [6.07, 6.45) is 6.50. The molecule has 1 aromatic carbocycles. The summed E-state index contributed by atoms with van der Waals surface area (Å²) < 4.78 is 5.02. The highest BCUT2D eigenvalue weighted by Crippen LogP contribution is 2.34. The number of allylic oxidation sites excluding steroid dienone is 1. The summed E-state index contributed by atoms with van der Waals surface area (Å²) in [5, 5.41) is 2.95. The fourth-order valence-electron chi connectivity index (χ4n) is 2.79. The van der Waals surface area contributed by atoms with Crippen molar-refractivity contribution in [1.82, 2.24) is 4.98 Å². The van der Waals surface area contributed by atoms with Crippen molar-refractivity contribution in [2.45, 2.75) is 17.3 Å². The standard InChI is InChI=1S/C20H19IN2O3/c1-12-4-3-5-16(21)18-10-13(8-9-22-18)15-7-6-14(20(25)26-2)11-17(15)23-19(12)24/h3-4,6-12,16H,5H2,1-2H3,(H,23,24)/b4-3+/t12-,16+/m1/s1. The third-order valence-corrected chi connectivity index (χ3v) is 5.44. The van der Waals surface area contributed by atoms with Gasteiger partial charge in [0.1, 0.15) is 0 Å². The van der Waals surface area contributed by atoms with Gasteiger partial charge >= 0.3 is 5.97 Å². The minimum Gasteiger partial charge on any atom is -0.465 e. The number of rotatable bonds is 1. The number of halogens is 1. The van der Waals surface area contributed by atoms with E-state index in [0.717, 1.165) is 23.2 Å².